The van der Waals surface area contributed by atoms with E-state index in [0.29, 0.717) is 17.6 Å². The van der Waals surface area contributed by atoms with Crippen LogP contribution in [0.3, 0.4) is 0 Å². The molecule has 1 nitrogen and oxygen atoms in total. The van der Waals surface area contributed by atoms with Crippen molar-refractivity contribution in [3.63, 3.8) is 0 Å². The summed E-state index contributed by atoms with van der Waals surface area (Å²) in [5.41, 5.74) is 2.82. The average Bonchev–Trinajstić information content (AvgIpc) is 2.17. The van der Waals surface area contributed by atoms with Crippen molar-refractivity contribution >= 4 is 33.3 Å². The summed E-state index contributed by atoms with van der Waals surface area (Å²) in [6.07, 6.45) is 0.521. The van der Waals surface area contributed by atoms with Crippen LogP contribution in [0.1, 0.15) is 27.9 Å². The highest BCUT2D eigenvalue weighted by atomic mass is 79.9. The van der Waals surface area contributed by atoms with E-state index in [1.54, 1.807) is 0 Å². The summed E-state index contributed by atoms with van der Waals surface area (Å²) in [7, 11) is 0. The van der Waals surface area contributed by atoms with Gasteiger partial charge in [0.25, 0.3) is 0 Å². The summed E-state index contributed by atoms with van der Waals surface area (Å²) in [5, 5.41) is 0.696. The molecule has 0 unspecified atom stereocenters. The Bertz CT molecular complexity index is 336. The molecule has 0 radical (unpaired) electrons. The molecule has 14 heavy (non-hydrogen) atoms. The minimum Gasteiger partial charge on any atom is -0.294 e. The fraction of sp³-hybridized carbons (Fsp3) is 0.364. The molecule has 76 valence electrons. The number of halogens is 2. The Balaban J connectivity index is 3.01. The van der Waals surface area contributed by atoms with Gasteiger partial charge in [-0.3, -0.25) is 4.79 Å². The predicted molar refractivity (Wildman–Crippen MR) is 63.5 cm³/mol. The van der Waals surface area contributed by atoms with E-state index in [-0.39, 0.29) is 5.78 Å². The van der Waals surface area contributed by atoms with Gasteiger partial charge in [-0.25, -0.2) is 0 Å². The lowest BCUT2D eigenvalue weighted by Crippen LogP contribution is -2.03. The van der Waals surface area contributed by atoms with E-state index in [1.807, 2.05) is 25.1 Å². The number of carbonyl (C=O) groups is 1. The monoisotopic (exact) mass is 274 g/mol. The van der Waals surface area contributed by atoms with E-state index < -0.39 is 0 Å². The van der Waals surface area contributed by atoms with E-state index >= 15 is 0 Å². The zero-order valence-electron chi connectivity index (χ0n) is 8.02. The van der Waals surface area contributed by atoms with Crippen LogP contribution in [0, 0.1) is 6.92 Å². The molecule has 0 aromatic heterocycles. The van der Waals surface area contributed by atoms with Crippen molar-refractivity contribution in [3.05, 3.63) is 34.9 Å². The van der Waals surface area contributed by atoms with Gasteiger partial charge in [-0.15, -0.1) is 11.6 Å². The molecule has 0 bridgehead atoms. The fourth-order valence-electron chi connectivity index (χ4n) is 1.33. The van der Waals surface area contributed by atoms with Crippen LogP contribution >= 0.6 is 27.5 Å². The Morgan fingerprint density at radius 1 is 1.50 bits per heavy atom. The molecule has 0 N–H and O–H groups in total. The second kappa shape index (κ2) is 5.52. The van der Waals surface area contributed by atoms with Gasteiger partial charge in [0, 0.05) is 23.2 Å². The van der Waals surface area contributed by atoms with E-state index in [1.165, 1.54) is 0 Å². The predicted octanol–water partition coefficient (Wildman–Crippen LogP) is 3.70. The van der Waals surface area contributed by atoms with E-state index in [2.05, 4.69) is 15.9 Å². The lowest BCUT2D eigenvalue weighted by molar-refractivity contribution is 0.0989. The summed E-state index contributed by atoms with van der Waals surface area (Å²) in [6, 6.07) is 5.77. The number of rotatable bonds is 4. The molecular formula is C11H12BrClO. The third-order valence-electron chi connectivity index (χ3n) is 2.03. The number of Topliss-reactive ketones (excluding diaryl/α,β-unsaturated/α-hetero) is 1. The summed E-state index contributed by atoms with van der Waals surface area (Å²) < 4.78 is 0. The maximum absolute atomic E-state index is 11.6. The SMILES string of the molecule is Cc1ccc(C(=O)CCBr)c(CCl)c1. The van der Waals surface area contributed by atoms with Crippen molar-refractivity contribution in [2.45, 2.75) is 19.2 Å². The lowest BCUT2D eigenvalue weighted by Gasteiger charge is -2.06. The van der Waals surface area contributed by atoms with Crippen LogP contribution in [0.25, 0.3) is 0 Å². The number of aryl methyl sites for hydroxylation is 1. The van der Waals surface area contributed by atoms with Gasteiger partial charge in [0.2, 0.25) is 0 Å². The molecule has 3 heteroatoms. The van der Waals surface area contributed by atoms with Gasteiger partial charge < -0.3 is 0 Å². The number of carbonyl (C=O) groups excluding carboxylic acids is 1. The normalized spacial score (nSPS) is 10.2. The Kier molecular flexibility index (Phi) is 4.63. The van der Waals surface area contributed by atoms with Crippen LogP contribution in [-0.2, 0) is 5.88 Å². The van der Waals surface area contributed by atoms with Crippen LogP contribution in [-0.4, -0.2) is 11.1 Å². The van der Waals surface area contributed by atoms with Crippen molar-refractivity contribution in [2.75, 3.05) is 5.33 Å². The zero-order valence-corrected chi connectivity index (χ0v) is 10.4. The Morgan fingerprint density at radius 2 is 2.21 bits per heavy atom. The first-order valence-electron chi connectivity index (χ1n) is 4.43. The maximum atomic E-state index is 11.6. The molecule has 1 rings (SSSR count). The number of alkyl halides is 2. The molecule has 0 spiro atoms. The Labute approximate surface area is 97.6 Å². The highest BCUT2D eigenvalue weighted by Crippen LogP contribution is 2.16. The van der Waals surface area contributed by atoms with Gasteiger partial charge >= 0.3 is 0 Å². The molecule has 0 atom stereocenters. The van der Waals surface area contributed by atoms with Gasteiger partial charge in [-0.05, 0) is 12.5 Å². The molecule has 0 fully saturated rings. The van der Waals surface area contributed by atoms with Crippen molar-refractivity contribution in [1.29, 1.82) is 0 Å². The van der Waals surface area contributed by atoms with E-state index in [4.69, 9.17) is 11.6 Å². The van der Waals surface area contributed by atoms with Crippen molar-refractivity contribution in [2.24, 2.45) is 0 Å². The van der Waals surface area contributed by atoms with Gasteiger partial charge in [-0.2, -0.15) is 0 Å². The summed E-state index contributed by atoms with van der Waals surface area (Å²) in [6.45, 7) is 1.99. The van der Waals surface area contributed by atoms with Crippen LogP contribution < -0.4 is 0 Å². The maximum Gasteiger partial charge on any atom is 0.164 e. The number of benzene rings is 1. The van der Waals surface area contributed by atoms with Crippen LogP contribution in [0.2, 0.25) is 0 Å². The molecule has 1 aromatic carbocycles. The molecule has 0 aliphatic carbocycles. The molecule has 0 aliphatic rings. The smallest absolute Gasteiger partial charge is 0.164 e. The highest BCUT2D eigenvalue weighted by Gasteiger charge is 2.09. The quantitative estimate of drug-likeness (QED) is 0.605. The number of hydrogen-bond acceptors (Lipinski definition) is 1. The first kappa shape index (κ1) is 11.7. The fourth-order valence-corrected chi connectivity index (χ4v) is 1.91. The molecule has 0 heterocycles. The van der Waals surface area contributed by atoms with Gasteiger partial charge in [0.1, 0.15) is 0 Å². The molecule has 0 aliphatic heterocycles. The lowest BCUT2D eigenvalue weighted by atomic mass is 10.0. The second-order valence-corrected chi connectivity index (χ2v) is 4.22. The summed E-state index contributed by atoms with van der Waals surface area (Å²) in [5.74, 6) is 0.544. The largest absolute Gasteiger partial charge is 0.294 e. The van der Waals surface area contributed by atoms with E-state index in [9.17, 15) is 4.79 Å². The van der Waals surface area contributed by atoms with Crippen LogP contribution in [0.15, 0.2) is 18.2 Å². The molecule has 0 saturated heterocycles. The molecule has 0 saturated carbocycles. The van der Waals surface area contributed by atoms with Gasteiger partial charge in [0.15, 0.2) is 5.78 Å². The van der Waals surface area contributed by atoms with E-state index in [0.717, 1.165) is 16.7 Å². The second-order valence-electron chi connectivity index (χ2n) is 3.16. The average molecular weight is 276 g/mol. The van der Waals surface area contributed by atoms with Crippen molar-refractivity contribution < 1.29 is 4.79 Å². The molecular weight excluding hydrogens is 263 g/mol. The third kappa shape index (κ3) is 2.82. The van der Waals surface area contributed by atoms with Gasteiger partial charge in [-0.1, -0.05) is 39.7 Å². The Morgan fingerprint density at radius 3 is 2.79 bits per heavy atom. The minimum atomic E-state index is 0.150. The first-order valence-corrected chi connectivity index (χ1v) is 6.09. The number of ketones is 1. The molecule has 0 amide bonds. The number of hydrogen-bond donors (Lipinski definition) is 0. The first-order chi connectivity index (χ1) is 6.69. The molecule has 1 aromatic rings. The topological polar surface area (TPSA) is 17.1 Å². The highest BCUT2D eigenvalue weighted by molar-refractivity contribution is 9.09. The standard InChI is InChI=1S/C11H12BrClO/c1-8-2-3-10(9(6-8)7-13)11(14)4-5-12/h2-3,6H,4-5,7H2,1H3. The van der Waals surface area contributed by atoms with Gasteiger partial charge in [0.05, 0.1) is 0 Å². The summed E-state index contributed by atoms with van der Waals surface area (Å²) in [4.78, 5) is 11.6. The van der Waals surface area contributed by atoms with Crippen LogP contribution in [0.5, 0.6) is 0 Å². The minimum absolute atomic E-state index is 0.150. The Hall–Kier alpha value is -0.340. The van der Waals surface area contributed by atoms with Crippen LogP contribution in [0.4, 0.5) is 0 Å². The summed E-state index contributed by atoms with van der Waals surface area (Å²) >= 11 is 9.04. The third-order valence-corrected chi connectivity index (χ3v) is 2.71. The zero-order chi connectivity index (χ0) is 10.6. The van der Waals surface area contributed by atoms with Crippen molar-refractivity contribution in [3.8, 4) is 0 Å². The van der Waals surface area contributed by atoms with Crippen molar-refractivity contribution in [1.82, 2.24) is 0 Å².